The number of aliphatic hydroxyl groups excluding tert-OH is 1. The average Bonchev–Trinajstić information content (AvgIpc) is 0.791. The number of fused-ring (bicyclic) bond motifs is 1. The Hall–Kier alpha value is -5.71. The number of hydrogen-bond donors (Lipinski definition) is 2. The lowest BCUT2D eigenvalue weighted by Crippen LogP contribution is -2.62. The Labute approximate surface area is 538 Å². The number of benzene rings is 3. The molecule has 4 aliphatic rings. The summed E-state index contributed by atoms with van der Waals surface area (Å²) in [7, 11) is 5.38. The Kier molecular flexibility index (Phi) is 24.3. The first kappa shape index (κ1) is 71.1. The number of methoxy groups -OCH3 is 1. The molecule has 2 N–H and O–H groups in total. The number of ether oxygens (including phenoxy) is 10. The third kappa shape index (κ3) is 17.2. The first-order valence-corrected chi connectivity index (χ1v) is 32.8. The summed E-state index contributed by atoms with van der Waals surface area (Å²) in [4.78, 5) is 56.9. The van der Waals surface area contributed by atoms with Crippen LogP contribution >= 0.6 is 0 Å². The van der Waals surface area contributed by atoms with Crippen LogP contribution in [0.1, 0.15) is 167 Å². The molecule has 1 aliphatic carbocycles. The van der Waals surface area contributed by atoms with Crippen molar-refractivity contribution < 1.29 is 76.8 Å². The van der Waals surface area contributed by atoms with Crippen LogP contribution in [0.2, 0.25) is 0 Å². The summed E-state index contributed by atoms with van der Waals surface area (Å²) in [5.41, 5.74) is -1.92. The van der Waals surface area contributed by atoms with Gasteiger partial charge in [0, 0.05) is 55.7 Å². The van der Waals surface area contributed by atoms with Crippen LogP contribution in [0.4, 0.5) is 0 Å². The third-order valence-corrected chi connectivity index (χ3v) is 19.1. The van der Waals surface area contributed by atoms with Crippen molar-refractivity contribution in [2.24, 2.45) is 28.8 Å². The minimum atomic E-state index is -2.04. The average molecular weight is 1260 g/mol. The van der Waals surface area contributed by atoms with E-state index < -0.39 is 132 Å². The molecule has 4 fully saturated rings. The van der Waals surface area contributed by atoms with E-state index >= 15 is 4.79 Å². The summed E-state index contributed by atoms with van der Waals surface area (Å²) in [6, 6.07) is 26.9. The standard InChI is InChI=1S/C72H101N3O16/c1-16-57-71(12,80)62(76)47(6)59(74-91-72(90-44(2)3)36-26-19-27-37-72)45(4)41-70(11,82-38-28-29-51-40-54-34-24-25-35-55(54)73-43-51)63(89-68-61(56(75(13)14)39-46(5)83-68)87-66(78)52-30-20-17-21-31-52)48(7)60(49(8)65(77)85-57)86-58-42-69(10,81-15)64(50(9)84-58)88-67(79)53-32-22-18-23-33-53/h17-18,20-25,28-35,40,43-50,56-58,60-64,68,76,80H,16,19,26-27,36-39,41-42H2,1-15H3/b29-28+,74-59?/t45-,46+,47+,48-,49+,50-,56-,57-,58?,60-,61+,62+,63+,64-,68?,69+,70-,71+/m0/s1. The monoisotopic (exact) mass is 1260 g/mol. The second kappa shape index (κ2) is 31.0. The molecule has 0 radical (unpaired) electrons. The molecule has 3 saturated heterocycles. The highest BCUT2D eigenvalue weighted by atomic mass is 16.8. The number of aromatic nitrogens is 1. The summed E-state index contributed by atoms with van der Waals surface area (Å²) in [6.45, 7) is 22.0. The van der Waals surface area contributed by atoms with Crippen molar-refractivity contribution in [3.05, 3.63) is 120 Å². The molecule has 4 aromatic rings. The van der Waals surface area contributed by atoms with Crippen LogP contribution < -0.4 is 0 Å². The van der Waals surface area contributed by atoms with Crippen molar-refractivity contribution in [3.63, 3.8) is 0 Å². The molecule has 500 valence electrons. The highest BCUT2D eigenvalue weighted by molar-refractivity contribution is 5.90. The van der Waals surface area contributed by atoms with Crippen LogP contribution in [0.25, 0.3) is 17.0 Å². The van der Waals surface area contributed by atoms with Gasteiger partial charge in [0.15, 0.2) is 24.8 Å². The zero-order chi connectivity index (χ0) is 66.0. The molecule has 2 unspecified atom stereocenters. The fourth-order valence-electron chi connectivity index (χ4n) is 14.0. The van der Waals surface area contributed by atoms with Crippen molar-refractivity contribution in [1.82, 2.24) is 9.88 Å². The molecule has 91 heavy (non-hydrogen) atoms. The number of carbonyl (C=O) groups is 3. The van der Waals surface area contributed by atoms with Crippen molar-refractivity contribution in [2.45, 2.75) is 237 Å². The SMILES string of the molecule is CC[C@@H]1OC(=O)[C@H](C)[C@@H](OC2C[C@@](C)(OC)[C@@H](OC(=O)c3ccccc3)[C@H](C)O2)[C@H](C)[C@@H](OC2O[C@H](C)C[C@H](N(C)C)[C@H]2OC(=O)c2ccccc2)[C@@](C)(OC/C=C/c2cnc3ccccc3c2)C[C@H](C)C(=NOC2(OC(C)C)CCCCC2)[C@@H](C)[C@@H](O)[C@]1(C)O. The van der Waals surface area contributed by atoms with Gasteiger partial charge in [-0.25, -0.2) is 9.59 Å². The normalized spacial score (nSPS) is 35.0. The molecule has 1 saturated carbocycles. The largest absolute Gasteiger partial charge is 0.459 e. The van der Waals surface area contributed by atoms with Gasteiger partial charge in [-0.1, -0.05) is 106 Å². The molecular weight excluding hydrogens is 1160 g/mol. The molecule has 3 aliphatic heterocycles. The lowest BCUT2D eigenvalue weighted by Gasteiger charge is -2.50. The molecular formula is C72H101N3O16. The lowest BCUT2D eigenvalue weighted by molar-refractivity contribution is -0.319. The van der Waals surface area contributed by atoms with E-state index in [0.717, 1.165) is 35.7 Å². The van der Waals surface area contributed by atoms with Crippen molar-refractivity contribution in [3.8, 4) is 0 Å². The van der Waals surface area contributed by atoms with E-state index in [-0.39, 0.29) is 32.0 Å². The number of rotatable bonds is 19. The third-order valence-electron chi connectivity index (χ3n) is 19.1. The van der Waals surface area contributed by atoms with Crippen LogP contribution in [-0.2, 0) is 57.0 Å². The van der Waals surface area contributed by atoms with Crippen molar-refractivity contribution in [2.75, 3.05) is 27.8 Å². The topological polar surface area (TPSA) is 222 Å². The fraction of sp³-hybridized carbons (Fsp3) is 0.625. The Morgan fingerprint density at radius 3 is 2.07 bits per heavy atom. The Bertz CT molecular complexity index is 3070. The quantitative estimate of drug-likeness (QED) is 0.0385. The lowest BCUT2D eigenvalue weighted by atomic mass is 9.73. The number of hydrogen-bond acceptors (Lipinski definition) is 19. The Balaban J connectivity index is 1.30. The molecule has 4 heterocycles. The molecule has 1 aromatic heterocycles. The van der Waals surface area contributed by atoms with Gasteiger partial charge in [-0.2, -0.15) is 0 Å². The molecule has 0 amide bonds. The van der Waals surface area contributed by atoms with E-state index in [1.165, 1.54) is 14.0 Å². The van der Waals surface area contributed by atoms with Crippen LogP contribution in [0.15, 0.2) is 108 Å². The first-order chi connectivity index (χ1) is 43.2. The fourth-order valence-corrected chi connectivity index (χ4v) is 14.0. The highest BCUT2D eigenvalue weighted by Gasteiger charge is 2.56. The number of cyclic esters (lactones) is 1. The van der Waals surface area contributed by atoms with E-state index in [2.05, 4.69) is 0 Å². The van der Waals surface area contributed by atoms with Gasteiger partial charge in [0.25, 0.3) is 0 Å². The zero-order valence-corrected chi connectivity index (χ0v) is 56.2. The van der Waals surface area contributed by atoms with Gasteiger partial charge in [-0.15, -0.1) is 0 Å². The summed E-state index contributed by atoms with van der Waals surface area (Å²) >= 11 is 0. The Morgan fingerprint density at radius 2 is 1.44 bits per heavy atom. The molecule has 3 aromatic carbocycles. The minimum absolute atomic E-state index is 0.0122. The molecule has 8 rings (SSSR count). The number of carbonyl (C=O) groups excluding carboxylic acids is 3. The van der Waals surface area contributed by atoms with E-state index in [1.54, 1.807) is 82.4 Å². The number of nitrogens with zero attached hydrogens (tertiary/aromatic N) is 3. The number of likely N-dealkylation sites (N-methyl/N-ethyl adjacent to an activating group) is 1. The van der Waals surface area contributed by atoms with E-state index in [0.29, 0.717) is 36.1 Å². The summed E-state index contributed by atoms with van der Waals surface area (Å²) in [6.07, 6.45) is -0.587. The number of esters is 3. The van der Waals surface area contributed by atoms with Crippen molar-refractivity contribution >= 4 is 40.6 Å². The van der Waals surface area contributed by atoms with Gasteiger partial charge in [0.05, 0.1) is 83.1 Å². The zero-order valence-electron chi connectivity index (χ0n) is 56.2. The number of aliphatic hydroxyl groups is 2. The number of para-hydroxylation sites is 1. The summed E-state index contributed by atoms with van der Waals surface area (Å²) in [5.74, 6) is -6.55. The van der Waals surface area contributed by atoms with E-state index in [9.17, 15) is 19.8 Å². The second-order valence-electron chi connectivity index (χ2n) is 26.9. The van der Waals surface area contributed by atoms with Crippen LogP contribution in [-0.4, -0.2) is 168 Å². The van der Waals surface area contributed by atoms with E-state index in [4.69, 9.17) is 62.3 Å². The van der Waals surface area contributed by atoms with Crippen LogP contribution in [0.5, 0.6) is 0 Å². The van der Waals surface area contributed by atoms with Gasteiger partial charge in [0.2, 0.25) is 5.79 Å². The maximum atomic E-state index is 15.4. The summed E-state index contributed by atoms with van der Waals surface area (Å²) < 4.78 is 68.1. The van der Waals surface area contributed by atoms with Gasteiger partial charge in [0.1, 0.15) is 17.3 Å². The minimum Gasteiger partial charge on any atom is -0.459 e. The van der Waals surface area contributed by atoms with Gasteiger partial charge >= 0.3 is 17.9 Å². The first-order valence-electron chi connectivity index (χ1n) is 32.8. The predicted molar refractivity (Wildman–Crippen MR) is 346 cm³/mol. The summed E-state index contributed by atoms with van der Waals surface area (Å²) in [5, 5.41) is 31.5. The molecule has 0 bridgehead atoms. The molecule has 18 atom stereocenters. The second-order valence-corrected chi connectivity index (χ2v) is 26.9. The maximum Gasteiger partial charge on any atom is 0.338 e. The predicted octanol–water partition coefficient (Wildman–Crippen LogP) is 11.7. The molecule has 0 spiro atoms. The number of pyridine rings is 1. The smallest absolute Gasteiger partial charge is 0.338 e. The van der Waals surface area contributed by atoms with Gasteiger partial charge in [-0.3, -0.25) is 9.78 Å². The van der Waals surface area contributed by atoms with Gasteiger partial charge in [-0.05, 0) is 144 Å². The highest BCUT2D eigenvalue weighted by Crippen LogP contribution is 2.44. The van der Waals surface area contributed by atoms with E-state index in [1.807, 2.05) is 122 Å². The van der Waals surface area contributed by atoms with Crippen LogP contribution in [0, 0.1) is 23.7 Å². The van der Waals surface area contributed by atoms with Gasteiger partial charge < -0.3 is 67.3 Å². The van der Waals surface area contributed by atoms with Crippen molar-refractivity contribution in [1.29, 1.82) is 0 Å². The molecule has 19 heteroatoms. The van der Waals surface area contributed by atoms with Crippen LogP contribution in [0.3, 0.4) is 0 Å². The Morgan fingerprint density at radius 1 is 0.802 bits per heavy atom. The number of oxime groups is 1. The molecule has 19 nitrogen and oxygen atoms in total. The maximum absolute atomic E-state index is 15.4.